The molecule has 1 aromatic heterocycles. The van der Waals surface area contributed by atoms with Gasteiger partial charge < -0.3 is 10.2 Å². The van der Waals surface area contributed by atoms with Crippen LogP contribution in [0.4, 0.5) is 5.69 Å². The van der Waals surface area contributed by atoms with Gasteiger partial charge in [-0.25, -0.2) is 9.97 Å². The first-order valence-electron chi connectivity index (χ1n) is 9.49. The van der Waals surface area contributed by atoms with E-state index in [2.05, 4.69) is 9.97 Å². The van der Waals surface area contributed by atoms with Crippen molar-refractivity contribution in [3.63, 3.8) is 0 Å². The summed E-state index contributed by atoms with van der Waals surface area (Å²) in [6, 6.07) is 19.6. The number of non-ortho nitro benzene ring substituents is 1. The largest absolute Gasteiger partial charge is 0.507 e. The number of aromatic nitrogens is 2. The van der Waals surface area contributed by atoms with Gasteiger partial charge in [-0.3, -0.25) is 10.1 Å². The monoisotopic (exact) mass is 445 g/mol. The second-order valence-electron chi connectivity index (χ2n) is 6.86. The topological polar surface area (TPSA) is 109 Å². The molecule has 0 atom stereocenters. The van der Waals surface area contributed by atoms with Gasteiger partial charge in [0.1, 0.15) is 11.5 Å². The molecule has 158 valence electrons. The summed E-state index contributed by atoms with van der Waals surface area (Å²) in [7, 11) is 0. The Morgan fingerprint density at radius 3 is 1.97 bits per heavy atom. The van der Waals surface area contributed by atoms with E-state index in [9.17, 15) is 20.3 Å². The van der Waals surface area contributed by atoms with Gasteiger partial charge in [0.25, 0.3) is 5.69 Å². The molecule has 0 radical (unpaired) electrons. The molecule has 4 rings (SSSR count). The van der Waals surface area contributed by atoms with E-state index >= 15 is 0 Å². The van der Waals surface area contributed by atoms with Crippen LogP contribution in [0.15, 0.2) is 72.8 Å². The van der Waals surface area contributed by atoms with Crippen molar-refractivity contribution in [2.24, 2.45) is 0 Å². The lowest BCUT2D eigenvalue weighted by molar-refractivity contribution is -0.384. The Morgan fingerprint density at radius 2 is 1.38 bits per heavy atom. The van der Waals surface area contributed by atoms with Crippen molar-refractivity contribution in [1.82, 2.24) is 9.97 Å². The molecule has 0 spiro atoms. The number of nitro benzene ring substituents is 1. The fraction of sp³-hybridized carbons (Fsp3) is 0. The minimum absolute atomic E-state index is 0.0400. The number of nitro groups is 1. The molecule has 32 heavy (non-hydrogen) atoms. The van der Waals surface area contributed by atoms with Crippen molar-refractivity contribution in [2.75, 3.05) is 0 Å². The first-order valence-corrected chi connectivity index (χ1v) is 9.87. The second-order valence-corrected chi connectivity index (χ2v) is 7.29. The summed E-state index contributed by atoms with van der Waals surface area (Å²) in [4.78, 5) is 19.6. The number of aliphatic hydroxyl groups excluding tert-OH is 2. The van der Waals surface area contributed by atoms with E-state index in [1.165, 1.54) is 30.4 Å². The first kappa shape index (κ1) is 21.0. The smallest absolute Gasteiger partial charge is 0.271 e. The summed E-state index contributed by atoms with van der Waals surface area (Å²) in [6.07, 6.45) is 2.82. The highest BCUT2D eigenvalue weighted by atomic mass is 35.5. The number of aliphatic hydroxyl groups is 2. The van der Waals surface area contributed by atoms with E-state index in [-0.39, 0.29) is 34.1 Å². The van der Waals surface area contributed by atoms with E-state index in [4.69, 9.17) is 11.6 Å². The number of nitrogens with zero attached hydrogens (tertiary/aromatic N) is 3. The second kappa shape index (κ2) is 8.87. The lowest BCUT2D eigenvalue weighted by atomic mass is 10.1. The summed E-state index contributed by atoms with van der Waals surface area (Å²) < 4.78 is 0. The van der Waals surface area contributed by atoms with Gasteiger partial charge in [0.05, 0.1) is 27.3 Å². The highest BCUT2D eigenvalue weighted by Gasteiger charge is 2.13. The van der Waals surface area contributed by atoms with E-state index in [1.54, 1.807) is 48.5 Å². The number of hydrogen-bond donors (Lipinski definition) is 2. The zero-order chi connectivity index (χ0) is 22.7. The average Bonchev–Trinajstić information content (AvgIpc) is 2.80. The number of fused-ring (bicyclic) bond motifs is 1. The third-order valence-corrected chi connectivity index (χ3v) is 4.92. The molecule has 3 aromatic carbocycles. The van der Waals surface area contributed by atoms with Gasteiger partial charge in [-0.05, 0) is 30.3 Å². The van der Waals surface area contributed by atoms with Crippen LogP contribution in [0.5, 0.6) is 0 Å². The molecule has 0 aliphatic heterocycles. The van der Waals surface area contributed by atoms with Crippen molar-refractivity contribution < 1.29 is 15.1 Å². The Kier molecular flexibility index (Phi) is 5.83. The van der Waals surface area contributed by atoms with Crippen LogP contribution in [-0.2, 0) is 0 Å². The maximum Gasteiger partial charge on any atom is 0.271 e. The van der Waals surface area contributed by atoms with Crippen molar-refractivity contribution in [3.05, 3.63) is 110 Å². The first-order chi connectivity index (χ1) is 15.4. The molecule has 0 saturated heterocycles. The Labute approximate surface area is 187 Å². The van der Waals surface area contributed by atoms with Crippen LogP contribution >= 0.6 is 11.6 Å². The lowest BCUT2D eigenvalue weighted by Gasteiger charge is -2.07. The fourth-order valence-corrected chi connectivity index (χ4v) is 3.18. The van der Waals surface area contributed by atoms with Crippen LogP contribution in [0.2, 0.25) is 5.02 Å². The quantitative estimate of drug-likeness (QED) is 0.212. The van der Waals surface area contributed by atoms with Crippen LogP contribution in [0.25, 0.3) is 34.7 Å². The molecule has 2 N–H and O–H groups in total. The molecule has 0 saturated carbocycles. The van der Waals surface area contributed by atoms with Crippen LogP contribution in [0.1, 0.15) is 22.5 Å². The number of rotatable bonds is 5. The van der Waals surface area contributed by atoms with Gasteiger partial charge in [0.2, 0.25) is 0 Å². The summed E-state index contributed by atoms with van der Waals surface area (Å²) in [5.74, 6) is -0.142. The van der Waals surface area contributed by atoms with Gasteiger partial charge in [-0.2, -0.15) is 0 Å². The summed E-state index contributed by atoms with van der Waals surface area (Å²) >= 11 is 5.91. The van der Waals surface area contributed by atoms with Crippen molar-refractivity contribution in [3.8, 4) is 0 Å². The van der Waals surface area contributed by atoms with Gasteiger partial charge in [0.15, 0.2) is 0 Å². The summed E-state index contributed by atoms with van der Waals surface area (Å²) in [5, 5.41) is 32.9. The summed E-state index contributed by atoms with van der Waals surface area (Å²) in [6.45, 7) is 0. The minimum Gasteiger partial charge on any atom is -0.507 e. The SMILES string of the molecule is O=[N+]([O-])c1ccc2nc(/C=C(\O)c3ccccc3)c(/C=C(\O)c3ccc(Cl)cc3)nc2c1. The van der Waals surface area contributed by atoms with Gasteiger partial charge in [-0.1, -0.05) is 41.9 Å². The van der Waals surface area contributed by atoms with Gasteiger partial charge in [-0.15, -0.1) is 0 Å². The predicted molar refractivity (Wildman–Crippen MR) is 125 cm³/mol. The van der Waals surface area contributed by atoms with E-state index in [0.717, 1.165) is 0 Å². The standard InChI is InChI=1S/C24H16ClN3O4/c25-17-8-6-16(7-9-17)24(30)14-22-21(13-23(29)15-4-2-1-3-5-15)26-19-11-10-18(28(31)32)12-20(19)27-22/h1-14,29-30H/b23-13-,24-14-. The fourth-order valence-electron chi connectivity index (χ4n) is 3.05. The van der Waals surface area contributed by atoms with Crippen LogP contribution in [-0.4, -0.2) is 25.1 Å². The van der Waals surface area contributed by atoms with E-state index in [1.807, 2.05) is 6.07 Å². The molecule has 8 heteroatoms. The molecule has 0 fully saturated rings. The van der Waals surface area contributed by atoms with Crippen LogP contribution in [0, 0.1) is 10.1 Å². The molecular weight excluding hydrogens is 430 g/mol. The van der Waals surface area contributed by atoms with E-state index < -0.39 is 4.92 Å². The zero-order valence-electron chi connectivity index (χ0n) is 16.5. The van der Waals surface area contributed by atoms with Crippen molar-refractivity contribution in [2.45, 2.75) is 0 Å². The molecule has 0 aliphatic carbocycles. The minimum atomic E-state index is -0.517. The average molecular weight is 446 g/mol. The maximum absolute atomic E-state index is 11.1. The molecule has 0 aliphatic rings. The van der Waals surface area contributed by atoms with Crippen molar-refractivity contribution in [1.29, 1.82) is 0 Å². The third-order valence-electron chi connectivity index (χ3n) is 4.67. The molecule has 4 aromatic rings. The van der Waals surface area contributed by atoms with Crippen LogP contribution in [0.3, 0.4) is 0 Å². The molecule has 0 unspecified atom stereocenters. The van der Waals surface area contributed by atoms with Gasteiger partial charge in [0, 0.05) is 40.4 Å². The highest BCUT2D eigenvalue weighted by Crippen LogP contribution is 2.25. The number of hydrogen-bond acceptors (Lipinski definition) is 6. The summed E-state index contributed by atoms with van der Waals surface area (Å²) in [5.41, 5.74) is 2.16. The van der Waals surface area contributed by atoms with Crippen LogP contribution < -0.4 is 0 Å². The number of benzene rings is 3. The van der Waals surface area contributed by atoms with E-state index in [0.29, 0.717) is 21.7 Å². The molecule has 0 bridgehead atoms. The Balaban J connectivity index is 1.88. The Bertz CT molecular complexity index is 1370. The Hall–Kier alpha value is -4.23. The molecule has 1 heterocycles. The van der Waals surface area contributed by atoms with Crippen molar-refractivity contribution >= 4 is 52.0 Å². The highest BCUT2D eigenvalue weighted by molar-refractivity contribution is 6.30. The maximum atomic E-state index is 11.1. The predicted octanol–water partition coefficient (Wildman–Crippen LogP) is 6.30. The zero-order valence-corrected chi connectivity index (χ0v) is 17.3. The molecule has 7 nitrogen and oxygen atoms in total. The Morgan fingerprint density at radius 1 is 0.812 bits per heavy atom. The normalized spacial score (nSPS) is 12.2. The van der Waals surface area contributed by atoms with Gasteiger partial charge >= 0.3 is 0 Å². The lowest BCUT2D eigenvalue weighted by Crippen LogP contribution is -1.97. The molecule has 0 amide bonds. The number of halogens is 1. The third kappa shape index (κ3) is 4.58. The molecular formula is C24H16ClN3O4.